The molecule has 1 amide bonds. The molecule has 4 N–H and O–H groups in total. The summed E-state index contributed by atoms with van der Waals surface area (Å²) in [5.41, 5.74) is 7.52. The molecule has 7 nitrogen and oxygen atoms in total. The largest absolute Gasteiger partial charge is 0.484 e. The van der Waals surface area contributed by atoms with E-state index in [0.29, 0.717) is 24.4 Å². The third kappa shape index (κ3) is 7.57. The van der Waals surface area contributed by atoms with E-state index in [4.69, 9.17) is 15.5 Å². The van der Waals surface area contributed by atoms with Crippen molar-refractivity contribution >= 4 is 11.9 Å². The number of likely N-dealkylation sites (tertiary alicyclic amines) is 1. The number of amides is 1. The van der Waals surface area contributed by atoms with Gasteiger partial charge in [0, 0.05) is 31.7 Å². The molecule has 2 unspecified atom stereocenters. The van der Waals surface area contributed by atoms with E-state index < -0.39 is 5.91 Å². The highest BCUT2D eigenvalue weighted by molar-refractivity contribution is 5.80. The van der Waals surface area contributed by atoms with Crippen LogP contribution in [0.4, 0.5) is 0 Å². The summed E-state index contributed by atoms with van der Waals surface area (Å²) in [4.78, 5) is 18.2. The van der Waals surface area contributed by atoms with Crippen LogP contribution in [0.5, 0.6) is 5.75 Å². The lowest BCUT2D eigenvalue weighted by Gasteiger charge is -2.38. The molecule has 1 heterocycles. The number of benzene rings is 2. The molecule has 3 rings (SSSR count). The van der Waals surface area contributed by atoms with Gasteiger partial charge in [0.2, 0.25) is 0 Å². The van der Waals surface area contributed by atoms with Crippen LogP contribution >= 0.6 is 0 Å². The van der Waals surface area contributed by atoms with E-state index in [1.165, 1.54) is 5.56 Å². The quantitative estimate of drug-likeness (QED) is 0.414. The van der Waals surface area contributed by atoms with Crippen molar-refractivity contribution in [3.63, 3.8) is 0 Å². The minimum absolute atomic E-state index is 0.127. The summed E-state index contributed by atoms with van der Waals surface area (Å²) in [7, 11) is 0. The predicted molar refractivity (Wildman–Crippen MR) is 128 cm³/mol. The molecule has 0 spiro atoms. The molecule has 0 aromatic heterocycles. The number of carbonyl (C=O) groups excluding carboxylic acids is 1. The van der Waals surface area contributed by atoms with Crippen molar-refractivity contribution in [3.8, 4) is 5.75 Å². The van der Waals surface area contributed by atoms with Crippen LogP contribution in [0.1, 0.15) is 37.8 Å². The molecule has 0 radical (unpaired) electrons. The lowest BCUT2D eigenvalue weighted by Crippen LogP contribution is -2.51. The summed E-state index contributed by atoms with van der Waals surface area (Å²) >= 11 is 0. The molecule has 172 valence electrons. The number of nitrogens with one attached hydrogen (secondary N) is 2. The Labute approximate surface area is 191 Å². The van der Waals surface area contributed by atoms with Crippen molar-refractivity contribution in [3.05, 3.63) is 65.7 Å². The van der Waals surface area contributed by atoms with Gasteiger partial charge in [0.05, 0.1) is 6.54 Å². The van der Waals surface area contributed by atoms with Gasteiger partial charge < -0.3 is 21.1 Å². The van der Waals surface area contributed by atoms with Crippen LogP contribution in [-0.4, -0.2) is 48.5 Å². The summed E-state index contributed by atoms with van der Waals surface area (Å²) in [6.45, 7) is 7.63. The molecule has 2 aromatic rings. The van der Waals surface area contributed by atoms with Crippen LogP contribution in [0.3, 0.4) is 0 Å². The van der Waals surface area contributed by atoms with Crippen LogP contribution in [0, 0.1) is 0 Å². The molecule has 1 aliphatic heterocycles. The molecule has 7 heteroatoms. The van der Waals surface area contributed by atoms with Gasteiger partial charge >= 0.3 is 0 Å². The normalized spacial score (nSPS) is 19.4. The Kier molecular flexibility index (Phi) is 8.92. The number of carbonyl (C=O) groups is 1. The van der Waals surface area contributed by atoms with Crippen LogP contribution in [0.2, 0.25) is 0 Å². The summed E-state index contributed by atoms with van der Waals surface area (Å²) in [6, 6.07) is 19.1. The standard InChI is InChI=1S/C25H35N5O2/c1-3-27-25(28-16-21-10-7-11-23(15-21)32-18-24(26)31)29-22-12-13-30(19(2)14-22)17-20-8-5-4-6-9-20/h4-11,15,19,22H,3,12-14,16-18H2,1-2H3,(H2,26,31)(H2,27,28,29). The number of hydrogen-bond acceptors (Lipinski definition) is 4. The van der Waals surface area contributed by atoms with Gasteiger partial charge in [-0.15, -0.1) is 0 Å². The van der Waals surface area contributed by atoms with E-state index in [2.05, 4.69) is 59.7 Å². The maximum Gasteiger partial charge on any atom is 0.255 e. The zero-order valence-electron chi connectivity index (χ0n) is 19.1. The van der Waals surface area contributed by atoms with Gasteiger partial charge in [-0.2, -0.15) is 0 Å². The smallest absolute Gasteiger partial charge is 0.255 e. The van der Waals surface area contributed by atoms with E-state index >= 15 is 0 Å². The fraction of sp³-hybridized carbons (Fsp3) is 0.440. The van der Waals surface area contributed by atoms with Gasteiger partial charge in [0.15, 0.2) is 12.6 Å². The minimum Gasteiger partial charge on any atom is -0.484 e. The lowest BCUT2D eigenvalue weighted by atomic mass is 9.97. The zero-order chi connectivity index (χ0) is 22.8. The average molecular weight is 438 g/mol. The molecule has 2 aromatic carbocycles. The van der Waals surface area contributed by atoms with Gasteiger partial charge in [-0.05, 0) is 49.9 Å². The van der Waals surface area contributed by atoms with Crippen LogP contribution < -0.4 is 21.1 Å². The number of piperidine rings is 1. The molecule has 32 heavy (non-hydrogen) atoms. The van der Waals surface area contributed by atoms with E-state index in [-0.39, 0.29) is 6.61 Å². The third-order valence-electron chi connectivity index (χ3n) is 5.63. The number of nitrogens with zero attached hydrogens (tertiary/aromatic N) is 2. The molecule has 1 aliphatic rings. The Morgan fingerprint density at radius 3 is 2.69 bits per heavy atom. The maximum atomic E-state index is 10.9. The molecule has 0 aliphatic carbocycles. The van der Waals surface area contributed by atoms with Crippen LogP contribution in [0.25, 0.3) is 0 Å². The number of hydrogen-bond donors (Lipinski definition) is 3. The number of ether oxygens (including phenoxy) is 1. The highest BCUT2D eigenvalue weighted by Gasteiger charge is 2.25. The first kappa shape index (κ1) is 23.6. The summed E-state index contributed by atoms with van der Waals surface area (Å²) in [5, 5.41) is 6.97. The van der Waals surface area contributed by atoms with E-state index in [9.17, 15) is 4.79 Å². The number of nitrogens with two attached hydrogens (primary N) is 1. The first-order valence-corrected chi connectivity index (χ1v) is 11.4. The molecule has 2 atom stereocenters. The van der Waals surface area contributed by atoms with Gasteiger partial charge in [-0.1, -0.05) is 42.5 Å². The maximum absolute atomic E-state index is 10.9. The monoisotopic (exact) mass is 437 g/mol. The number of primary amides is 1. The van der Waals surface area contributed by atoms with Crippen molar-refractivity contribution in [2.75, 3.05) is 19.7 Å². The second-order valence-electron chi connectivity index (χ2n) is 8.27. The first-order valence-electron chi connectivity index (χ1n) is 11.4. The molecular weight excluding hydrogens is 402 g/mol. The van der Waals surface area contributed by atoms with Crippen molar-refractivity contribution in [2.45, 2.75) is 51.9 Å². The van der Waals surface area contributed by atoms with Crippen LogP contribution in [0.15, 0.2) is 59.6 Å². The lowest BCUT2D eigenvalue weighted by molar-refractivity contribution is -0.119. The van der Waals surface area contributed by atoms with Crippen molar-refractivity contribution in [1.29, 1.82) is 0 Å². The van der Waals surface area contributed by atoms with Gasteiger partial charge in [-0.3, -0.25) is 9.69 Å². The van der Waals surface area contributed by atoms with E-state index in [1.807, 2.05) is 24.3 Å². The van der Waals surface area contributed by atoms with Gasteiger partial charge in [-0.25, -0.2) is 4.99 Å². The van der Waals surface area contributed by atoms with E-state index in [0.717, 1.165) is 44.0 Å². The van der Waals surface area contributed by atoms with Crippen LogP contribution in [-0.2, 0) is 17.9 Å². The number of guanidine groups is 1. The predicted octanol–water partition coefficient (Wildman–Crippen LogP) is 2.66. The molecule has 1 saturated heterocycles. The highest BCUT2D eigenvalue weighted by atomic mass is 16.5. The Hall–Kier alpha value is -3.06. The second kappa shape index (κ2) is 12.1. The highest BCUT2D eigenvalue weighted by Crippen LogP contribution is 2.20. The topological polar surface area (TPSA) is 92.0 Å². The van der Waals surface area contributed by atoms with Gasteiger partial charge in [0.25, 0.3) is 5.91 Å². The number of rotatable bonds is 9. The van der Waals surface area contributed by atoms with Gasteiger partial charge in [0.1, 0.15) is 5.75 Å². The Morgan fingerprint density at radius 1 is 1.19 bits per heavy atom. The average Bonchev–Trinajstić information content (AvgIpc) is 2.79. The Morgan fingerprint density at radius 2 is 1.97 bits per heavy atom. The molecule has 0 saturated carbocycles. The van der Waals surface area contributed by atoms with Crippen molar-refractivity contribution < 1.29 is 9.53 Å². The fourth-order valence-corrected chi connectivity index (χ4v) is 3.98. The Bertz CT molecular complexity index is 887. The first-order chi connectivity index (χ1) is 15.5. The zero-order valence-corrected chi connectivity index (χ0v) is 19.1. The second-order valence-corrected chi connectivity index (χ2v) is 8.27. The SMILES string of the molecule is CCNC(=NCc1cccc(OCC(N)=O)c1)NC1CCN(Cc2ccccc2)C(C)C1. The van der Waals surface area contributed by atoms with Crippen molar-refractivity contribution in [2.24, 2.45) is 10.7 Å². The number of aliphatic imine (C=N–C) groups is 1. The summed E-state index contributed by atoms with van der Waals surface area (Å²) in [6.07, 6.45) is 2.16. The van der Waals surface area contributed by atoms with Crippen molar-refractivity contribution in [1.82, 2.24) is 15.5 Å². The summed E-state index contributed by atoms with van der Waals surface area (Å²) < 4.78 is 5.39. The summed E-state index contributed by atoms with van der Waals surface area (Å²) in [5.74, 6) is 0.954. The Balaban J connectivity index is 1.54. The minimum atomic E-state index is -0.490. The molecule has 1 fully saturated rings. The van der Waals surface area contributed by atoms with E-state index in [1.54, 1.807) is 0 Å². The fourth-order valence-electron chi connectivity index (χ4n) is 3.98. The molecular formula is C25H35N5O2. The third-order valence-corrected chi connectivity index (χ3v) is 5.63. The molecule has 0 bridgehead atoms.